The number of ether oxygens (including phenoxy) is 1. The average molecular weight is 522 g/mol. The van der Waals surface area contributed by atoms with Crippen LogP contribution in [-0.4, -0.2) is 68.5 Å². The van der Waals surface area contributed by atoms with Crippen molar-refractivity contribution in [1.29, 1.82) is 0 Å². The summed E-state index contributed by atoms with van der Waals surface area (Å²) in [6.07, 6.45) is 1.64. The summed E-state index contributed by atoms with van der Waals surface area (Å²) in [6, 6.07) is 3.21. The molecule has 184 valence electrons. The Kier molecular flexibility index (Phi) is 5.02. The lowest BCUT2D eigenvalue weighted by atomic mass is 9.56. The summed E-state index contributed by atoms with van der Waals surface area (Å²) in [5.74, 6) is -6.56. The Labute approximate surface area is 209 Å². The van der Waals surface area contributed by atoms with Crippen LogP contribution in [0.15, 0.2) is 29.8 Å². The van der Waals surface area contributed by atoms with E-state index in [1.165, 1.54) is 32.4 Å². The van der Waals surface area contributed by atoms with Crippen LogP contribution in [0.1, 0.15) is 24.3 Å². The van der Waals surface area contributed by atoms with E-state index in [4.69, 9.17) is 33.7 Å². The smallest absolute Gasteiger partial charge is 0.328 e. The fourth-order valence-corrected chi connectivity index (χ4v) is 7.23. The molecule has 0 radical (unpaired) electrons. The van der Waals surface area contributed by atoms with Gasteiger partial charge < -0.3 is 15.6 Å². The number of rotatable bonds is 2. The first kappa shape index (κ1) is 23.6. The van der Waals surface area contributed by atoms with Crippen molar-refractivity contribution in [3.8, 4) is 11.5 Å². The predicted octanol–water partition coefficient (Wildman–Crippen LogP) is 1.47. The summed E-state index contributed by atoms with van der Waals surface area (Å²) in [6.45, 7) is 0. The first-order valence-corrected chi connectivity index (χ1v) is 11.6. The molecule has 1 saturated carbocycles. The number of nitrogens with two attached hydrogens (primary N) is 1. The van der Waals surface area contributed by atoms with Crippen molar-refractivity contribution in [2.45, 2.75) is 28.5 Å². The second-order valence-electron chi connectivity index (χ2n) is 9.28. The minimum absolute atomic E-state index is 0.108. The fourth-order valence-electron chi connectivity index (χ4n) is 6.21. The van der Waals surface area contributed by atoms with Crippen LogP contribution >= 0.6 is 23.2 Å². The number of alkyl halides is 2. The zero-order valence-corrected chi connectivity index (χ0v) is 20.2. The molecule has 6 atom stereocenters. The number of primary amides is 1. The van der Waals surface area contributed by atoms with Crippen molar-refractivity contribution in [3.05, 3.63) is 35.4 Å². The lowest BCUT2D eigenvalue weighted by molar-refractivity contribution is -0.139. The number of halogens is 2. The number of phenols is 1. The number of amides is 6. The van der Waals surface area contributed by atoms with Crippen LogP contribution in [0.5, 0.6) is 11.5 Å². The van der Waals surface area contributed by atoms with Crippen molar-refractivity contribution in [3.63, 3.8) is 0 Å². The second kappa shape index (κ2) is 7.44. The van der Waals surface area contributed by atoms with Gasteiger partial charge in [0.05, 0.1) is 18.9 Å². The summed E-state index contributed by atoms with van der Waals surface area (Å²) in [7, 11) is 2.64. The molecule has 35 heavy (non-hydrogen) atoms. The van der Waals surface area contributed by atoms with Crippen LogP contribution < -0.4 is 10.5 Å². The highest BCUT2D eigenvalue weighted by atomic mass is 35.5. The van der Waals surface area contributed by atoms with Gasteiger partial charge in [0.2, 0.25) is 11.8 Å². The Balaban J connectivity index is 1.74. The molecule has 0 aromatic heterocycles. The van der Waals surface area contributed by atoms with E-state index in [0.29, 0.717) is 16.0 Å². The van der Waals surface area contributed by atoms with E-state index < -0.39 is 63.1 Å². The number of imide groups is 4. The predicted molar refractivity (Wildman–Crippen MR) is 122 cm³/mol. The summed E-state index contributed by atoms with van der Waals surface area (Å²) in [5, 5.41) is 10.1. The summed E-state index contributed by atoms with van der Waals surface area (Å²) in [4.78, 5) is 62.0. The second-order valence-corrected chi connectivity index (χ2v) is 10.5. The Morgan fingerprint density at radius 1 is 1.14 bits per heavy atom. The maximum atomic E-state index is 13.4. The molecule has 0 spiro atoms. The molecule has 6 amide bonds. The van der Waals surface area contributed by atoms with Crippen LogP contribution in [0, 0.1) is 17.8 Å². The largest absolute Gasteiger partial charge is 0.504 e. The number of hydrogen-bond donors (Lipinski definition) is 2. The number of carbonyl (C=O) groups is 5. The zero-order chi connectivity index (χ0) is 25.6. The van der Waals surface area contributed by atoms with Crippen LogP contribution in [0.3, 0.4) is 0 Å². The Hall–Kier alpha value is -3.11. The van der Waals surface area contributed by atoms with Crippen molar-refractivity contribution in [1.82, 2.24) is 9.80 Å². The average Bonchev–Trinajstić information content (AvgIpc) is 3.15. The number of hydrogen-bond acceptors (Lipinski definition) is 7. The molecule has 0 bridgehead atoms. The van der Waals surface area contributed by atoms with Gasteiger partial charge >= 0.3 is 6.03 Å². The molecule has 1 aromatic carbocycles. The number of benzene rings is 1. The third-order valence-electron chi connectivity index (χ3n) is 7.77. The topological polar surface area (TPSA) is 147 Å². The highest BCUT2D eigenvalue weighted by molar-refractivity contribution is 6.53. The minimum atomic E-state index is -1.95. The van der Waals surface area contributed by atoms with E-state index in [1.807, 2.05) is 0 Å². The first-order chi connectivity index (χ1) is 16.4. The number of urea groups is 1. The zero-order valence-electron chi connectivity index (χ0n) is 18.7. The highest BCUT2D eigenvalue weighted by Gasteiger charge is 2.76. The highest BCUT2D eigenvalue weighted by Crippen LogP contribution is 2.65. The number of aromatic hydroxyl groups is 1. The SMILES string of the molecule is COc1cc([C@H]2C3=CC[C@@H]4C(=O)N(C(N)=O)C(=O)[C@@H]4[C@@H]3C[C@@]3(Cl)C(=O)N(C)C(=O)[C@@]23Cl)ccc1O. The molecule has 3 fully saturated rings. The Morgan fingerprint density at radius 2 is 1.83 bits per heavy atom. The summed E-state index contributed by atoms with van der Waals surface area (Å²) >= 11 is 14.0. The molecule has 10 nitrogen and oxygen atoms in total. The molecule has 2 aliphatic carbocycles. The molecular formula is C23H21Cl2N3O7. The van der Waals surface area contributed by atoms with Crippen molar-refractivity contribution >= 4 is 52.9 Å². The van der Waals surface area contributed by atoms with Gasteiger partial charge in [0, 0.05) is 13.0 Å². The molecule has 4 aliphatic rings. The van der Waals surface area contributed by atoms with Crippen LogP contribution in [0.4, 0.5) is 4.79 Å². The summed E-state index contributed by atoms with van der Waals surface area (Å²) in [5.41, 5.74) is 6.27. The van der Waals surface area contributed by atoms with Crippen LogP contribution in [0.2, 0.25) is 0 Å². The van der Waals surface area contributed by atoms with Gasteiger partial charge in [-0.1, -0.05) is 17.7 Å². The van der Waals surface area contributed by atoms with Gasteiger partial charge in [0.25, 0.3) is 11.8 Å². The van der Waals surface area contributed by atoms with Crippen molar-refractivity contribution in [2.24, 2.45) is 23.5 Å². The standard InChI is InChI=1S/C23H21Cl2N3O7/c1-27-19(32)22(24)8-12-10(4-5-11-15(12)18(31)28(17(11)30)21(26)34)16(23(22,25)20(27)33)9-3-6-13(29)14(7-9)35-2/h3-4,6-7,11-12,15-16,29H,5,8H2,1-2H3,(H2,26,34)/t11-,12+,15-,16-,22+,23-/m0/s1. The van der Waals surface area contributed by atoms with E-state index >= 15 is 0 Å². The molecule has 3 N–H and O–H groups in total. The van der Waals surface area contributed by atoms with Crippen molar-refractivity contribution in [2.75, 3.05) is 14.2 Å². The molecular weight excluding hydrogens is 501 g/mol. The van der Waals surface area contributed by atoms with E-state index in [-0.39, 0.29) is 24.3 Å². The van der Waals surface area contributed by atoms with Gasteiger partial charge in [-0.15, -0.1) is 23.2 Å². The molecule has 1 aromatic rings. The molecule has 5 rings (SSSR count). The normalized spacial score (nSPS) is 36.1. The van der Waals surface area contributed by atoms with Crippen molar-refractivity contribution < 1.29 is 33.8 Å². The van der Waals surface area contributed by atoms with E-state index in [0.717, 1.165) is 4.90 Å². The van der Waals surface area contributed by atoms with Gasteiger partial charge in [-0.2, -0.15) is 4.90 Å². The number of phenolic OH excluding ortho intramolecular Hbond substituents is 1. The van der Waals surface area contributed by atoms with Gasteiger partial charge in [-0.25, -0.2) is 4.79 Å². The number of carbonyl (C=O) groups excluding carboxylic acids is 5. The van der Waals surface area contributed by atoms with Crippen LogP contribution in [0.25, 0.3) is 0 Å². The van der Waals surface area contributed by atoms with Gasteiger partial charge in [0.15, 0.2) is 21.2 Å². The summed E-state index contributed by atoms with van der Waals surface area (Å²) < 4.78 is 5.23. The third kappa shape index (κ3) is 2.75. The first-order valence-electron chi connectivity index (χ1n) is 10.8. The number of likely N-dealkylation sites (tertiary alicyclic amines) is 2. The molecule has 0 unspecified atom stereocenters. The molecule has 2 saturated heterocycles. The van der Waals surface area contributed by atoms with Gasteiger partial charge in [-0.3, -0.25) is 24.1 Å². The quantitative estimate of drug-likeness (QED) is 0.340. The maximum absolute atomic E-state index is 13.4. The lowest BCUT2D eigenvalue weighted by Crippen LogP contribution is -2.60. The lowest BCUT2D eigenvalue weighted by Gasteiger charge is -2.50. The van der Waals surface area contributed by atoms with E-state index in [1.54, 1.807) is 6.08 Å². The maximum Gasteiger partial charge on any atom is 0.328 e. The monoisotopic (exact) mass is 521 g/mol. The molecule has 2 heterocycles. The van der Waals surface area contributed by atoms with Gasteiger partial charge in [-0.05, 0) is 36.5 Å². The van der Waals surface area contributed by atoms with Crippen LogP contribution in [-0.2, 0) is 19.2 Å². The number of fused-ring (bicyclic) bond motifs is 4. The van der Waals surface area contributed by atoms with Gasteiger partial charge in [0.1, 0.15) is 0 Å². The Bertz CT molecular complexity index is 1270. The minimum Gasteiger partial charge on any atom is -0.504 e. The number of allylic oxidation sites excluding steroid dienone is 2. The fraction of sp³-hybridized carbons (Fsp3) is 0.435. The molecule has 12 heteroatoms. The number of nitrogens with zero attached hydrogens (tertiary/aromatic N) is 2. The third-order valence-corrected chi connectivity index (χ3v) is 9.19. The van der Waals surface area contributed by atoms with E-state index in [2.05, 4.69) is 0 Å². The molecule has 2 aliphatic heterocycles. The number of methoxy groups -OCH3 is 1. The van der Waals surface area contributed by atoms with E-state index in [9.17, 15) is 29.1 Å². The Morgan fingerprint density at radius 3 is 2.46 bits per heavy atom.